The number of nitrogens with one attached hydrogen (secondary N) is 1. The summed E-state index contributed by atoms with van der Waals surface area (Å²) >= 11 is 3.44. The van der Waals surface area contributed by atoms with Crippen molar-refractivity contribution in [3.05, 3.63) is 124 Å². The van der Waals surface area contributed by atoms with E-state index in [0.717, 1.165) is 10.9 Å². The Bertz CT molecular complexity index is 1600. The molecule has 9 heteroatoms. The monoisotopic (exact) mass is 675 g/mol. The molecule has 0 saturated carbocycles. The van der Waals surface area contributed by atoms with Crippen molar-refractivity contribution in [3.8, 4) is 5.75 Å². The first-order chi connectivity index (χ1) is 21.2. The highest BCUT2D eigenvalue weighted by atomic mass is 79.9. The summed E-state index contributed by atoms with van der Waals surface area (Å²) in [5.74, 6) is 0.664. The van der Waals surface area contributed by atoms with Gasteiger partial charge in [0.05, 0.1) is 23.1 Å². The summed E-state index contributed by atoms with van der Waals surface area (Å²) in [5.41, 5.74) is 3.27. The molecule has 0 unspecified atom stereocenters. The lowest BCUT2D eigenvalue weighted by Gasteiger charge is -2.39. The summed E-state index contributed by atoms with van der Waals surface area (Å²) in [4.78, 5) is 15.7. The van der Waals surface area contributed by atoms with Crippen LogP contribution in [0.2, 0.25) is 0 Å². The van der Waals surface area contributed by atoms with E-state index in [0.29, 0.717) is 55.7 Å². The SMILES string of the molecule is CC(C)CCOc1ccc(Br)cc1C(=O)Nc1ccc(S(=O)(=O)N2CCN(C(c3ccccc3)c3ccccc3)CC2)cc1. The maximum absolute atomic E-state index is 13.6. The molecule has 1 heterocycles. The average molecular weight is 677 g/mol. The predicted octanol–water partition coefficient (Wildman–Crippen LogP) is 7.22. The number of rotatable bonds is 11. The van der Waals surface area contributed by atoms with Crippen LogP contribution in [0.15, 0.2) is 112 Å². The van der Waals surface area contributed by atoms with Crippen molar-refractivity contribution in [1.82, 2.24) is 9.21 Å². The number of benzene rings is 4. The maximum atomic E-state index is 13.6. The van der Waals surface area contributed by atoms with Gasteiger partial charge in [-0.1, -0.05) is 90.4 Å². The molecule has 0 radical (unpaired) electrons. The molecule has 44 heavy (non-hydrogen) atoms. The molecule has 4 aromatic carbocycles. The van der Waals surface area contributed by atoms with Gasteiger partial charge in [0, 0.05) is 36.3 Å². The molecule has 1 aliphatic rings. The Morgan fingerprint density at radius 1 is 0.841 bits per heavy atom. The van der Waals surface area contributed by atoms with Crippen LogP contribution in [-0.2, 0) is 10.0 Å². The van der Waals surface area contributed by atoms with Gasteiger partial charge in [0.25, 0.3) is 5.91 Å². The number of hydrogen-bond donors (Lipinski definition) is 1. The van der Waals surface area contributed by atoms with Crippen LogP contribution in [0, 0.1) is 5.92 Å². The van der Waals surface area contributed by atoms with Gasteiger partial charge in [0.2, 0.25) is 10.0 Å². The fraction of sp³-hybridized carbons (Fsp3) is 0.286. The largest absolute Gasteiger partial charge is 0.493 e. The molecular formula is C35H38BrN3O4S. The summed E-state index contributed by atoms with van der Waals surface area (Å²) in [6, 6.07) is 32.4. The second kappa shape index (κ2) is 14.5. The fourth-order valence-electron chi connectivity index (χ4n) is 5.35. The van der Waals surface area contributed by atoms with E-state index < -0.39 is 10.0 Å². The Morgan fingerprint density at radius 2 is 1.43 bits per heavy atom. The van der Waals surface area contributed by atoms with E-state index in [1.807, 2.05) is 42.5 Å². The number of nitrogens with zero attached hydrogens (tertiary/aromatic N) is 2. The molecule has 1 fully saturated rings. The molecule has 1 saturated heterocycles. The minimum absolute atomic E-state index is 0.0523. The summed E-state index contributed by atoms with van der Waals surface area (Å²) in [6.07, 6.45) is 0.878. The summed E-state index contributed by atoms with van der Waals surface area (Å²) in [5, 5.41) is 2.88. The Balaban J connectivity index is 1.24. The standard InChI is InChI=1S/C35H38BrN3O4S/c1-26(2)19-24-43-33-18-13-29(36)25-32(33)35(40)37-30-14-16-31(17-15-30)44(41,42)39-22-20-38(21-23-39)34(27-9-5-3-6-10-27)28-11-7-4-8-12-28/h3-18,25-26,34H,19-24H2,1-2H3,(H,37,40). The Kier molecular flexibility index (Phi) is 10.5. The zero-order valence-electron chi connectivity index (χ0n) is 25.0. The maximum Gasteiger partial charge on any atom is 0.259 e. The molecule has 0 aromatic heterocycles. The van der Waals surface area contributed by atoms with Gasteiger partial charge in [-0.15, -0.1) is 0 Å². The molecule has 0 spiro atoms. The third-order valence-corrected chi connectivity index (χ3v) is 10.2. The van der Waals surface area contributed by atoms with E-state index in [1.54, 1.807) is 40.7 Å². The number of hydrogen-bond acceptors (Lipinski definition) is 5. The van der Waals surface area contributed by atoms with Gasteiger partial charge in [-0.25, -0.2) is 8.42 Å². The number of carbonyl (C=O) groups is 1. The van der Waals surface area contributed by atoms with E-state index in [-0.39, 0.29) is 16.8 Å². The highest BCUT2D eigenvalue weighted by Crippen LogP contribution is 2.31. The first-order valence-corrected chi connectivity index (χ1v) is 17.1. The van der Waals surface area contributed by atoms with Crippen LogP contribution in [0.5, 0.6) is 5.75 Å². The number of sulfonamides is 1. The Hall–Kier alpha value is -3.50. The van der Waals surface area contributed by atoms with Crippen LogP contribution in [-0.4, -0.2) is 56.3 Å². The van der Waals surface area contributed by atoms with Crippen LogP contribution in [0.3, 0.4) is 0 Å². The number of ether oxygens (including phenoxy) is 1. The first kappa shape index (κ1) is 31.9. The number of amides is 1. The minimum atomic E-state index is -3.70. The number of halogens is 1. The predicted molar refractivity (Wildman–Crippen MR) is 179 cm³/mol. The topological polar surface area (TPSA) is 78.9 Å². The molecule has 5 rings (SSSR count). The molecule has 4 aromatic rings. The second-order valence-corrected chi connectivity index (χ2v) is 14.2. The molecular weight excluding hydrogens is 638 g/mol. The molecule has 0 bridgehead atoms. The molecule has 1 N–H and O–H groups in total. The summed E-state index contributed by atoms with van der Waals surface area (Å²) < 4.78 is 35.4. The van der Waals surface area contributed by atoms with Crippen molar-refractivity contribution >= 4 is 37.5 Å². The van der Waals surface area contributed by atoms with Crippen LogP contribution >= 0.6 is 15.9 Å². The molecule has 0 atom stereocenters. The lowest BCUT2D eigenvalue weighted by atomic mass is 9.96. The number of carbonyl (C=O) groups excluding carboxylic acids is 1. The first-order valence-electron chi connectivity index (χ1n) is 14.9. The van der Waals surface area contributed by atoms with Crippen molar-refractivity contribution in [2.75, 3.05) is 38.1 Å². The lowest BCUT2D eigenvalue weighted by Crippen LogP contribution is -2.49. The van der Waals surface area contributed by atoms with Gasteiger partial charge in [-0.05, 0) is 65.9 Å². The lowest BCUT2D eigenvalue weighted by molar-refractivity contribution is 0.102. The van der Waals surface area contributed by atoms with Crippen molar-refractivity contribution in [2.24, 2.45) is 5.92 Å². The number of anilines is 1. The third-order valence-electron chi connectivity index (χ3n) is 7.76. The smallest absolute Gasteiger partial charge is 0.259 e. The van der Waals surface area contributed by atoms with E-state index in [9.17, 15) is 13.2 Å². The van der Waals surface area contributed by atoms with E-state index in [1.165, 1.54) is 11.1 Å². The van der Waals surface area contributed by atoms with Gasteiger partial charge < -0.3 is 10.1 Å². The fourth-order valence-corrected chi connectivity index (χ4v) is 7.14. The van der Waals surface area contributed by atoms with Crippen molar-refractivity contribution in [3.63, 3.8) is 0 Å². The molecule has 1 amide bonds. The zero-order chi connectivity index (χ0) is 31.1. The van der Waals surface area contributed by atoms with E-state index in [4.69, 9.17) is 4.74 Å². The quantitative estimate of drug-likeness (QED) is 0.182. The molecule has 1 aliphatic heterocycles. The van der Waals surface area contributed by atoms with E-state index in [2.05, 4.69) is 64.3 Å². The van der Waals surface area contributed by atoms with Crippen molar-refractivity contribution in [2.45, 2.75) is 31.2 Å². The van der Waals surface area contributed by atoms with E-state index >= 15 is 0 Å². The third kappa shape index (κ3) is 7.77. The minimum Gasteiger partial charge on any atom is -0.493 e. The Morgan fingerprint density at radius 3 is 2.00 bits per heavy atom. The number of piperazine rings is 1. The van der Waals surface area contributed by atoms with Gasteiger partial charge in [0.15, 0.2) is 0 Å². The van der Waals surface area contributed by atoms with Crippen LogP contribution in [0.1, 0.15) is 47.8 Å². The average Bonchev–Trinajstić information content (AvgIpc) is 3.03. The van der Waals surface area contributed by atoms with Gasteiger partial charge >= 0.3 is 0 Å². The van der Waals surface area contributed by atoms with Crippen LogP contribution in [0.25, 0.3) is 0 Å². The molecule has 230 valence electrons. The second-order valence-electron chi connectivity index (χ2n) is 11.3. The van der Waals surface area contributed by atoms with Crippen molar-refractivity contribution < 1.29 is 17.9 Å². The van der Waals surface area contributed by atoms with Crippen LogP contribution in [0.4, 0.5) is 5.69 Å². The summed E-state index contributed by atoms with van der Waals surface area (Å²) in [7, 11) is -3.70. The molecule has 0 aliphatic carbocycles. The highest BCUT2D eigenvalue weighted by Gasteiger charge is 2.32. The summed E-state index contributed by atoms with van der Waals surface area (Å²) in [6.45, 7) is 6.75. The highest BCUT2D eigenvalue weighted by molar-refractivity contribution is 9.10. The normalized spacial score (nSPS) is 14.6. The van der Waals surface area contributed by atoms with Gasteiger partial charge in [-0.2, -0.15) is 4.31 Å². The van der Waals surface area contributed by atoms with Gasteiger partial charge in [0.1, 0.15) is 5.75 Å². The van der Waals surface area contributed by atoms with Crippen LogP contribution < -0.4 is 10.1 Å². The van der Waals surface area contributed by atoms with Gasteiger partial charge in [-0.3, -0.25) is 9.69 Å². The zero-order valence-corrected chi connectivity index (χ0v) is 27.4. The Labute approximate surface area is 269 Å². The molecule has 7 nitrogen and oxygen atoms in total. The van der Waals surface area contributed by atoms with Crippen molar-refractivity contribution in [1.29, 1.82) is 0 Å².